The molecule has 0 N–H and O–H groups in total. The average Bonchev–Trinajstić information content (AvgIpc) is 3.12. The lowest BCUT2D eigenvalue weighted by Gasteiger charge is -2.26. The summed E-state index contributed by atoms with van der Waals surface area (Å²) in [6, 6.07) is 8.27. The molecule has 1 unspecified atom stereocenters. The highest BCUT2D eigenvalue weighted by molar-refractivity contribution is 7.09. The highest BCUT2D eigenvalue weighted by Crippen LogP contribution is 2.33. The molecular formula is C16H16N2OS. The highest BCUT2D eigenvalue weighted by atomic mass is 32.1. The molecule has 3 nitrogen and oxygen atoms in total. The molecule has 4 rings (SSSR count). The number of aryl methyl sites for hydroxylation is 1. The molecule has 0 fully saturated rings. The van der Waals surface area contributed by atoms with Crippen molar-refractivity contribution in [2.24, 2.45) is 5.92 Å². The van der Waals surface area contributed by atoms with Crippen LogP contribution in [0.25, 0.3) is 0 Å². The van der Waals surface area contributed by atoms with Crippen molar-refractivity contribution in [3.05, 3.63) is 45.9 Å². The van der Waals surface area contributed by atoms with Crippen molar-refractivity contribution in [1.29, 1.82) is 0 Å². The van der Waals surface area contributed by atoms with Gasteiger partial charge in [0.05, 0.1) is 11.2 Å². The number of carbonyl (C=O) groups excluding carboxylic acids is 1. The minimum absolute atomic E-state index is 0.133. The number of thiazole rings is 1. The standard InChI is InChI=1S/C16H16N2OS/c19-16(12-5-6-13-15(9-12)20-10-17-13)18-8-7-11-3-1-2-4-14(11)18/h1-4,10,12H,5-9H2. The topological polar surface area (TPSA) is 33.2 Å². The maximum absolute atomic E-state index is 12.8. The van der Waals surface area contributed by atoms with Crippen LogP contribution in [0.4, 0.5) is 5.69 Å². The molecule has 1 amide bonds. The van der Waals surface area contributed by atoms with Crippen LogP contribution in [0.2, 0.25) is 0 Å². The van der Waals surface area contributed by atoms with E-state index in [0.29, 0.717) is 5.91 Å². The number of anilines is 1. The first-order chi connectivity index (χ1) is 9.83. The van der Waals surface area contributed by atoms with Crippen LogP contribution in [-0.4, -0.2) is 17.4 Å². The molecule has 20 heavy (non-hydrogen) atoms. The molecule has 1 atom stereocenters. The fourth-order valence-corrected chi connectivity index (χ4v) is 4.19. The second-order valence-corrected chi connectivity index (χ2v) is 6.47. The van der Waals surface area contributed by atoms with E-state index in [0.717, 1.165) is 37.9 Å². The minimum atomic E-state index is 0.133. The molecular weight excluding hydrogens is 268 g/mol. The number of fused-ring (bicyclic) bond motifs is 2. The number of carbonyl (C=O) groups is 1. The van der Waals surface area contributed by atoms with Crippen LogP contribution in [-0.2, 0) is 24.1 Å². The van der Waals surface area contributed by atoms with Crippen LogP contribution in [0.3, 0.4) is 0 Å². The van der Waals surface area contributed by atoms with Crippen molar-refractivity contribution in [3.8, 4) is 0 Å². The summed E-state index contributed by atoms with van der Waals surface area (Å²) in [5, 5.41) is 0. The Labute approximate surface area is 122 Å². The van der Waals surface area contributed by atoms with Gasteiger partial charge in [-0.05, 0) is 37.3 Å². The molecule has 1 aliphatic carbocycles. The first-order valence-corrected chi connectivity index (χ1v) is 8.01. The lowest BCUT2D eigenvalue weighted by Crippen LogP contribution is -2.37. The Hall–Kier alpha value is -1.68. The predicted molar refractivity (Wildman–Crippen MR) is 80.1 cm³/mol. The fraction of sp³-hybridized carbons (Fsp3) is 0.375. The predicted octanol–water partition coefficient (Wildman–Crippen LogP) is 2.84. The number of benzene rings is 1. The van der Waals surface area contributed by atoms with Crippen molar-refractivity contribution in [2.45, 2.75) is 25.7 Å². The van der Waals surface area contributed by atoms with Crippen LogP contribution in [0.5, 0.6) is 0 Å². The van der Waals surface area contributed by atoms with Crippen molar-refractivity contribution in [3.63, 3.8) is 0 Å². The van der Waals surface area contributed by atoms with Gasteiger partial charge in [-0.1, -0.05) is 18.2 Å². The summed E-state index contributed by atoms with van der Waals surface area (Å²) in [5.74, 6) is 0.433. The van der Waals surface area contributed by atoms with Gasteiger partial charge in [0.1, 0.15) is 0 Å². The first kappa shape index (κ1) is 12.1. The van der Waals surface area contributed by atoms with E-state index < -0.39 is 0 Å². The Morgan fingerprint density at radius 1 is 1.30 bits per heavy atom. The van der Waals surface area contributed by atoms with Gasteiger partial charge in [-0.3, -0.25) is 4.79 Å². The average molecular weight is 284 g/mol. The van der Waals surface area contributed by atoms with Crippen molar-refractivity contribution < 1.29 is 4.79 Å². The van der Waals surface area contributed by atoms with Gasteiger partial charge >= 0.3 is 0 Å². The first-order valence-electron chi connectivity index (χ1n) is 7.13. The van der Waals surface area contributed by atoms with E-state index in [1.54, 1.807) is 11.3 Å². The zero-order valence-electron chi connectivity index (χ0n) is 11.2. The van der Waals surface area contributed by atoms with Gasteiger partial charge < -0.3 is 4.90 Å². The molecule has 1 aliphatic heterocycles. The third-order valence-corrected chi connectivity index (χ3v) is 5.29. The number of hydrogen-bond acceptors (Lipinski definition) is 3. The second-order valence-electron chi connectivity index (χ2n) is 5.53. The van der Waals surface area contributed by atoms with Gasteiger partial charge in [-0.15, -0.1) is 11.3 Å². The molecule has 4 heteroatoms. The molecule has 102 valence electrons. The smallest absolute Gasteiger partial charge is 0.230 e. The van der Waals surface area contributed by atoms with E-state index in [9.17, 15) is 4.79 Å². The summed E-state index contributed by atoms with van der Waals surface area (Å²) in [7, 11) is 0. The highest BCUT2D eigenvalue weighted by Gasteiger charge is 2.32. The van der Waals surface area contributed by atoms with E-state index in [1.165, 1.54) is 16.1 Å². The Kier molecular flexibility index (Phi) is 2.84. The molecule has 0 saturated heterocycles. The number of aromatic nitrogens is 1. The van der Waals surface area contributed by atoms with Crippen LogP contribution < -0.4 is 4.90 Å². The van der Waals surface area contributed by atoms with Crippen LogP contribution >= 0.6 is 11.3 Å². The molecule has 0 spiro atoms. The van der Waals surface area contributed by atoms with E-state index >= 15 is 0 Å². The fourth-order valence-electron chi connectivity index (χ4n) is 3.30. The molecule has 0 bridgehead atoms. The van der Waals surface area contributed by atoms with Crippen LogP contribution in [0.1, 0.15) is 22.6 Å². The summed E-state index contributed by atoms with van der Waals surface area (Å²) < 4.78 is 0. The summed E-state index contributed by atoms with van der Waals surface area (Å²) >= 11 is 1.69. The van der Waals surface area contributed by atoms with Crippen LogP contribution in [0.15, 0.2) is 29.8 Å². The number of para-hydroxylation sites is 1. The normalized spacial score (nSPS) is 20.6. The zero-order chi connectivity index (χ0) is 13.5. The molecule has 2 aromatic rings. The van der Waals surface area contributed by atoms with E-state index in [1.807, 2.05) is 16.5 Å². The quantitative estimate of drug-likeness (QED) is 0.807. The minimum Gasteiger partial charge on any atom is -0.312 e. The Morgan fingerprint density at radius 2 is 2.20 bits per heavy atom. The molecule has 2 aliphatic rings. The summed E-state index contributed by atoms with van der Waals surface area (Å²) in [6.45, 7) is 0.838. The van der Waals surface area contributed by atoms with Gasteiger partial charge in [0, 0.05) is 23.0 Å². The van der Waals surface area contributed by atoms with E-state index in [4.69, 9.17) is 0 Å². The van der Waals surface area contributed by atoms with Gasteiger partial charge in [-0.2, -0.15) is 0 Å². The summed E-state index contributed by atoms with van der Waals surface area (Å²) in [6.07, 6.45) is 3.75. The Bertz CT molecular complexity index is 664. The second kappa shape index (κ2) is 4.70. The monoisotopic (exact) mass is 284 g/mol. The molecule has 2 heterocycles. The molecule has 1 aromatic heterocycles. The summed E-state index contributed by atoms with van der Waals surface area (Å²) in [4.78, 5) is 20.5. The number of rotatable bonds is 1. The third kappa shape index (κ3) is 1.86. The van der Waals surface area contributed by atoms with Crippen LogP contribution in [0, 0.1) is 5.92 Å². The van der Waals surface area contributed by atoms with Crippen molar-refractivity contribution >= 4 is 22.9 Å². The van der Waals surface area contributed by atoms with Gasteiger partial charge in [-0.25, -0.2) is 4.98 Å². The number of hydrogen-bond donors (Lipinski definition) is 0. The van der Waals surface area contributed by atoms with E-state index in [2.05, 4.69) is 23.2 Å². The van der Waals surface area contributed by atoms with Crippen molar-refractivity contribution in [1.82, 2.24) is 4.98 Å². The lowest BCUT2D eigenvalue weighted by atomic mass is 9.90. The largest absolute Gasteiger partial charge is 0.312 e. The van der Waals surface area contributed by atoms with Gasteiger partial charge in [0.25, 0.3) is 0 Å². The Balaban J connectivity index is 1.58. The summed E-state index contributed by atoms with van der Waals surface area (Å²) in [5.41, 5.74) is 5.53. The molecule has 0 saturated carbocycles. The third-order valence-electron chi connectivity index (χ3n) is 4.39. The SMILES string of the molecule is O=C(C1CCc2ncsc2C1)N1CCc2ccccc21. The maximum Gasteiger partial charge on any atom is 0.230 e. The van der Waals surface area contributed by atoms with Gasteiger partial charge in [0.2, 0.25) is 5.91 Å². The van der Waals surface area contributed by atoms with Crippen molar-refractivity contribution in [2.75, 3.05) is 11.4 Å². The van der Waals surface area contributed by atoms with E-state index in [-0.39, 0.29) is 5.92 Å². The Morgan fingerprint density at radius 3 is 3.15 bits per heavy atom. The molecule has 0 radical (unpaired) electrons. The zero-order valence-corrected chi connectivity index (χ0v) is 12.0. The lowest BCUT2D eigenvalue weighted by molar-refractivity contribution is -0.122. The number of amides is 1. The molecule has 1 aromatic carbocycles. The maximum atomic E-state index is 12.8. The number of nitrogens with zero attached hydrogens (tertiary/aromatic N) is 2. The van der Waals surface area contributed by atoms with Gasteiger partial charge in [0.15, 0.2) is 0 Å².